The first-order valence-electron chi connectivity index (χ1n) is 28.0. The molecule has 21 atom stereocenters. The van der Waals surface area contributed by atoms with E-state index in [9.17, 15) is 39.3 Å². The van der Waals surface area contributed by atoms with Crippen molar-refractivity contribution >= 4 is 17.1 Å². The van der Waals surface area contributed by atoms with Crippen molar-refractivity contribution in [2.75, 3.05) is 48.1 Å². The average molecular weight is 1110 g/mol. The summed E-state index contributed by atoms with van der Waals surface area (Å²) in [6.45, 7) is 17.5. The van der Waals surface area contributed by atoms with E-state index in [0.29, 0.717) is 31.6 Å². The van der Waals surface area contributed by atoms with Gasteiger partial charge in [0.2, 0.25) is 0 Å². The lowest BCUT2D eigenvalue weighted by molar-refractivity contribution is -0.318. The maximum absolute atomic E-state index is 15.0. The highest BCUT2D eigenvalue weighted by molar-refractivity contribution is 7.92. The lowest BCUT2D eigenvalue weighted by Crippen LogP contribution is -2.61. The minimum absolute atomic E-state index is 0.0810. The summed E-state index contributed by atoms with van der Waals surface area (Å²) in [6, 6.07) is 5.45. The minimum Gasteiger partial charge on any atom is -0.611 e. The Balaban J connectivity index is 1.24. The molecular weight excluding hydrogens is 1020 g/mol. The van der Waals surface area contributed by atoms with Crippen LogP contribution in [0.2, 0.25) is 0 Å². The van der Waals surface area contributed by atoms with Crippen molar-refractivity contribution in [1.82, 2.24) is 24.8 Å². The molecule has 3 aliphatic heterocycles. The van der Waals surface area contributed by atoms with Gasteiger partial charge in [0.25, 0.3) is 0 Å². The van der Waals surface area contributed by atoms with E-state index in [1.807, 2.05) is 62.0 Å². The molecule has 5 N–H and O–H groups in total. The lowest BCUT2D eigenvalue weighted by atomic mass is 9.77. The van der Waals surface area contributed by atoms with Crippen molar-refractivity contribution in [3.05, 3.63) is 41.7 Å². The average Bonchev–Trinajstić information content (AvgIpc) is 4.12. The SMILES string of the molecule is CC[C@H]1OC(=O)[C@H](C)[C@@H](O[C@H]2C[C@@](C)(OC)[C@@H](O)[C@H](C)O2)[C@H](C)[C@@H](O[C@@H]2O[C@H](C)C[C@H](N(C)CCc3cn([C@H](CF)[C@H](OC)c4ccc([S+]([O-])C5CCCC5)cc4)nn3)[C@H]2O)[C@](C)(O)C[C@@H](C)CN(C)[C@H](C)[C@@H](O)[C@]1(C)O. The second-order valence-corrected chi connectivity index (χ2v) is 25.5. The van der Waals surface area contributed by atoms with Crippen molar-refractivity contribution < 1.29 is 72.4 Å². The number of carbonyl (C=O) groups is 1. The van der Waals surface area contributed by atoms with Gasteiger partial charge in [0, 0.05) is 64.3 Å². The Kier molecular flexibility index (Phi) is 22.4. The molecule has 77 heavy (non-hydrogen) atoms. The second-order valence-electron chi connectivity index (χ2n) is 23.8. The van der Waals surface area contributed by atoms with E-state index in [-0.39, 0.29) is 30.4 Å². The quantitative estimate of drug-likeness (QED) is 0.103. The summed E-state index contributed by atoms with van der Waals surface area (Å²) in [6.07, 6.45) is -4.02. The molecule has 2 aromatic rings. The number of hydrogen-bond donors (Lipinski definition) is 5. The van der Waals surface area contributed by atoms with Crippen LogP contribution in [0.15, 0.2) is 35.4 Å². The third kappa shape index (κ3) is 14.8. The van der Waals surface area contributed by atoms with Gasteiger partial charge in [0.05, 0.1) is 47.2 Å². The van der Waals surface area contributed by atoms with Crippen LogP contribution in [0.4, 0.5) is 4.39 Å². The molecule has 19 nitrogen and oxygen atoms in total. The molecule has 4 fully saturated rings. The Bertz CT molecular complexity index is 2140. The van der Waals surface area contributed by atoms with Gasteiger partial charge in [-0.3, -0.25) is 4.79 Å². The van der Waals surface area contributed by atoms with Gasteiger partial charge in [-0.15, -0.1) is 5.10 Å². The number of cyclic esters (lactones) is 1. The van der Waals surface area contributed by atoms with Gasteiger partial charge < -0.3 is 73.0 Å². The van der Waals surface area contributed by atoms with Crippen LogP contribution in [0.25, 0.3) is 0 Å². The number of benzene rings is 1. The van der Waals surface area contributed by atoms with E-state index < -0.39 is 138 Å². The van der Waals surface area contributed by atoms with Crippen LogP contribution in [-0.2, 0) is 55.5 Å². The summed E-state index contributed by atoms with van der Waals surface area (Å²) in [4.78, 5) is 19.2. The summed E-state index contributed by atoms with van der Waals surface area (Å²) < 4.78 is 73.8. The monoisotopic (exact) mass is 1110 g/mol. The summed E-state index contributed by atoms with van der Waals surface area (Å²) in [7, 11) is 6.73. The number of methoxy groups -OCH3 is 2. The van der Waals surface area contributed by atoms with Crippen LogP contribution in [-0.4, -0.2) is 204 Å². The molecule has 1 aromatic heterocycles. The van der Waals surface area contributed by atoms with E-state index >= 15 is 0 Å². The van der Waals surface area contributed by atoms with Crippen LogP contribution in [0, 0.1) is 17.8 Å². The number of aliphatic hydroxyl groups excluding tert-OH is 3. The van der Waals surface area contributed by atoms with Crippen molar-refractivity contribution in [2.24, 2.45) is 17.8 Å². The largest absolute Gasteiger partial charge is 0.611 e. The number of alkyl halides is 1. The third-order valence-corrected chi connectivity index (χ3v) is 19.3. The van der Waals surface area contributed by atoms with Crippen LogP contribution < -0.4 is 0 Å². The number of ether oxygens (including phenoxy) is 7. The predicted octanol–water partition coefficient (Wildman–Crippen LogP) is 5.05. The number of carbonyl (C=O) groups excluding carboxylic acids is 1. The molecule has 1 aliphatic carbocycles. The number of halogens is 1. The topological polar surface area (TPSA) is 243 Å². The third-order valence-electron chi connectivity index (χ3n) is 17.5. The first kappa shape index (κ1) is 63.7. The summed E-state index contributed by atoms with van der Waals surface area (Å²) >= 11 is -1.10. The van der Waals surface area contributed by atoms with Crippen molar-refractivity contribution in [3.63, 3.8) is 0 Å². The van der Waals surface area contributed by atoms with Crippen LogP contribution in [0.3, 0.4) is 0 Å². The van der Waals surface area contributed by atoms with E-state index in [4.69, 9.17) is 33.2 Å². The molecular formula is C56H94FN5O14S. The van der Waals surface area contributed by atoms with E-state index in [0.717, 1.165) is 36.1 Å². The van der Waals surface area contributed by atoms with Gasteiger partial charge in [0.15, 0.2) is 17.5 Å². The van der Waals surface area contributed by atoms with Gasteiger partial charge in [0.1, 0.15) is 54.1 Å². The number of likely N-dealkylation sites (N-methyl/N-ethyl adjacent to an activating group) is 2. The number of hydrogen-bond acceptors (Lipinski definition) is 18. The molecule has 6 rings (SSSR count). The highest BCUT2D eigenvalue weighted by Crippen LogP contribution is 2.41. The molecule has 4 aliphatic rings. The smallest absolute Gasteiger partial charge is 0.311 e. The fourth-order valence-corrected chi connectivity index (χ4v) is 14.2. The molecule has 3 saturated heterocycles. The van der Waals surface area contributed by atoms with E-state index in [2.05, 4.69) is 10.3 Å². The number of aromatic nitrogens is 3. The summed E-state index contributed by atoms with van der Waals surface area (Å²) in [5.41, 5.74) is -3.28. The molecule has 0 spiro atoms. The maximum Gasteiger partial charge on any atom is 0.311 e. The van der Waals surface area contributed by atoms with Crippen LogP contribution in [0.1, 0.15) is 144 Å². The normalized spacial score (nSPS) is 39.9. The van der Waals surface area contributed by atoms with Crippen LogP contribution >= 0.6 is 0 Å². The zero-order chi connectivity index (χ0) is 56.9. The number of aliphatic hydroxyl groups is 5. The predicted molar refractivity (Wildman–Crippen MR) is 287 cm³/mol. The minimum atomic E-state index is -1.86. The fraction of sp³-hybridized carbons (Fsp3) is 0.839. The fourth-order valence-electron chi connectivity index (χ4n) is 12.6. The highest BCUT2D eigenvalue weighted by Gasteiger charge is 2.53. The van der Waals surface area contributed by atoms with Gasteiger partial charge in [-0.2, -0.15) is 0 Å². The van der Waals surface area contributed by atoms with E-state index in [1.54, 1.807) is 54.7 Å². The van der Waals surface area contributed by atoms with E-state index in [1.165, 1.54) is 25.8 Å². The molecule has 1 saturated carbocycles. The van der Waals surface area contributed by atoms with Crippen molar-refractivity contribution in [3.8, 4) is 0 Å². The van der Waals surface area contributed by atoms with Gasteiger partial charge in [-0.25, -0.2) is 9.07 Å². The summed E-state index contributed by atoms with van der Waals surface area (Å²) in [5.74, 6) is -2.89. The molecule has 1 unspecified atom stereocenters. The highest BCUT2D eigenvalue weighted by atomic mass is 32.2. The second kappa shape index (κ2) is 27.1. The van der Waals surface area contributed by atoms with Crippen molar-refractivity contribution in [2.45, 2.75) is 240 Å². The number of rotatable bonds is 17. The van der Waals surface area contributed by atoms with Gasteiger partial charge in [-0.1, -0.05) is 38.1 Å². The zero-order valence-electron chi connectivity index (χ0n) is 48.2. The molecule has 0 bridgehead atoms. The Morgan fingerprint density at radius 1 is 0.974 bits per heavy atom. The molecule has 0 amide bonds. The Morgan fingerprint density at radius 2 is 1.64 bits per heavy atom. The maximum atomic E-state index is 15.0. The molecule has 21 heteroatoms. The lowest BCUT2D eigenvalue weighted by Gasteiger charge is -2.49. The van der Waals surface area contributed by atoms with Crippen molar-refractivity contribution in [1.29, 1.82) is 0 Å². The number of nitrogens with zero attached hydrogens (tertiary/aromatic N) is 5. The van der Waals surface area contributed by atoms with Gasteiger partial charge in [-0.05, 0) is 142 Å². The van der Waals surface area contributed by atoms with Gasteiger partial charge >= 0.3 is 5.97 Å². The summed E-state index contributed by atoms with van der Waals surface area (Å²) in [5, 5.41) is 68.8. The number of esters is 1. The Hall–Kier alpha value is -2.45. The zero-order valence-corrected chi connectivity index (χ0v) is 49.0. The Morgan fingerprint density at radius 3 is 2.25 bits per heavy atom. The van der Waals surface area contributed by atoms with Crippen LogP contribution in [0.5, 0.6) is 0 Å². The molecule has 1 aromatic carbocycles. The molecule has 4 heterocycles. The molecule has 440 valence electrons. The molecule has 0 radical (unpaired) electrons. The first-order chi connectivity index (χ1) is 36.2. The Labute approximate surface area is 459 Å². The standard InChI is InChI=1S/C56H94FN5O14S/c1-15-44-56(10,68)49(64)36(6)61(12)30-32(2)27-54(8,67)51(34(4)47(35(5)52(66)74-44)75-45-28-55(9,71-14)50(65)37(7)73-45)76-53-46(63)42(26-33(3)72-53)60(11)25-24-39-31-62(59-58-39)43(29-57)48(70-13)38-20-22-41(23-21-38)77(69)40-18-16-17-19-40/h20-23,31-37,40,42-51,53,63-65,67-68H,15-19,24-30H2,1-14H3/t32-,33-,34+,35-,36-,37+,42+,43-,44-,45+,46-,47+,48-,49-,50+,51-,53+,54-,55-,56-,77?/m1/s1. The first-order valence-corrected chi connectivity index (χ1v) is 29.2.